The van der Waals surface area contributed by atoms with Crippen molar-refractivity contribution < 1.29 is 0 Å². The van der Waals surface area contributed by atoms with Gasteiger partial charge in [-0.15, -0.1) is 0 Å². The molecule has 2 heteroatoms. The van der Waals surface area contributed by atoms with E-state index in [0.29, 0.717) is 5.54 Å². The molecule has 14 heavy (non-hydrogen) atoms. The molecule has 82 valence electrons. The second kappa shape index (κ2) is 3.49. The quantitative estimate of drug-likeness (QED) is 0.688. The minimum absolute atomic E-state index is 0.311. The molecule has 1 N–H and O–H groups in total. The predicted octanol–water partition coefficient (Wildman–Crippen LogP) is 1.86. The third kappa shape index (κ3) is 1.96. The van der Waals surface area contributed by atoms with Gasteiger partial charge in [-0.2, -0.15) is 0 Å². The molecule has 0 aromatic carbocycles. The van der Waals surface area contributed by atoms with E-state index in [4.69, 9.17) is 0 Å². The third-order valence-electron chi connectivity index (χ3n) is 3.84. The molecule has 2 fully saturated rings. The summed E-state index contributed by atoms with van der Waals surface area (Å²) < 4.78 is 0. The Morgan fingerprint density at radius 3 is 2.43 bits per heavy atom. The summed E-state index contributed by atoms with van der Waals surface area (Å²) in [6.45, 7) is 11.7. The van der Waals surface area contributed by atoms with Gasteiger partial charge in [0.15, 0.2) is 0 Å². The molecule has 0 bridgehead atoms. The van der Waals surface area contributed by atoms with Crippen LogP contribution in [0.1, 0.15) is 40.5 Å². The molecular weight excluding hydrogens is 172 g/mol. The van der Waals surface area contributed by atoms with Crippen LogP contribution in [0.3, 0.4) is 0 Å². The molecule has 1 saturated carbocycles. The van der Waals surface area contributed by atoms with Crippen LogP contribution in [0.5, 0.6) is 0 Å². The molecule has 0 aromatic heterocycles. The van der Waals surface area contributed by atoms with Gasteiger partial charge in [0.25, 0.3) is 0 Å². The lowest BCUT2D eigenvalue weighted by atomic mass is 9.79. The van der Waals surface area contributed by atoms with E-state index in [-0.39, 0.29) is 0 Å². The molecule has 2 nitrogen and oxygen atoms in total. The van der Waals surface area contributed by atoms with Crippen molar-refractivity contribution in [1.29, 1.82) is 0 Å². The van der Waals surface area contributed by atoms with Crippen molar-refractivity contribution in [2.24, 2.45) is 5.92 Å². The van der Waals surface area contributed by atoms with E-state index in [0.717, 1.165) is 24.5 Å². The van der Waals surface area contributed by atoms with Crippen LogP contribution in [-0.2, 0) is 0 Å². The van der Waals surface area contributed by atoms with E-state index in [1.807, 2.05) is 0 Å². The van der Waals surface area contributed by atoms with E-state index in [9.17, 15) is 0 Å². The highest BCUT2D eigenvalue weighted by atomic mass is 15.3. The first-order valence-electron chi connectivity index (χ1n) is 5.99. The van der Waals surface area contributed by atoms with Gasteiger partial charge >= 0.3 is 0 Å². The van der Waals surface area contributed by atoms with Crippen molar-refractivity contribution in [3.63, 3.8) is 0 Å². The van der Waals surface area contributed by atoms with Gasteiger partial charge < -0.3 is 5.32 Å². The third-order valence-corrected chi connectivity index (χ3v) is 3.84. The summed E-state index contributed by atoms with van der Waals surface area (Å²) in [5.41, 5.74) is 0.311. The van der Waals surface area contributed by atoms with E-state index in [1.54, 1.807) is 0 Å². The van der Waals surface area contributed by atoms with Crippen LogP contribution in [0.4, 0.5) is 0 Å². The Kier molecular flexibility index (Phi) is 2.61. The van der Waals surface area contributed by atoms with Gasteiger partial charge in [-0.25, -0.2) is 0 Å². The van der Waals surface area contributed by atoms with E-state index < -0.39 is 0 Å². The summed E-state index contributed by atoms with van der Waals surface area (Å²) >= 11 is 0. The monoisotopic (exact) mass is 196 g/mol. The van der Waals surface area contributed by atoms with Gasteiger partial charge in [-0.1, -0.05) is 6.92 Å². The highest BCUT2D eigenvalue weighted by Gasteiger charge is 2.38. The molecule has 1 saturated heterocycles. The van der Waals surface area contributed by atoms with Crippen molar-refractivity contribution in [3.8, 4) is 0 Å². The standard InChI is InChI=1S/C12H24N2/c1-9-5-11(6-9)14-8-12(3,4)13-7-10(14)2/h9-11,13H,5-8H2,1-4H3. The minimum atomic E-state index is 0.311. The Bertz CT molecular complexity index is 206. The lowest BCUT2D eigenvalue weighted by Crippen LogP contribution is -2.64. The number of hydrogen-bond acceptors (Lipinski definition) is 2. The molecule has 0 spiro atoms. The van der Waals surface area contributed by atoms with Crippen molar-refractivity contribution in [3.05, 3.63) is 0 Å². The first-order valence-corrected chi connectivity index (χ1v) is 5.99. The van der Waals surface area contributed by atoms with Gasteiger partial charge in [-0.3, -0.25) is 4.90 Å². The maximum absolute atomic E-state index is 3.61. The maximum Gasteiger partial charge on any atom is 0.0253 e. The lowest BCUT2D eigenvalue weighted by molar-refractivity contribution is 0.00725. The van der Waals surface area contributed by atoms with Gasteiger partial charge in [0.2, 0.25) is 0 Å². The fourth-order valence-electron chi connectivity index (χ4n) is 2.83. The van der Waals surface area contributed by atoms with Crippen LogP contribution in [0.25, 0.3) is 0 Å². The van der Waals surface area contributed by atoms with Crippen molar-refractivity contribution in [1.82, 2.24) is 10.2 Å². The molecule has 1 heterocycles. The largest absolute Gasteiger partial charge is 0.309 e. The molecule has 1 atom stereocenters. The fourth-order valence-corrected chi connectivity index (χ4v) is 2.83. The van der Waals surface area contributed by atoms with Crippen LogP contribution in [0, 0.1) is 5.92 Å². The number of nitrogens with one attached hydrogen (secondary N) is 1. The van der Waals surface area contributed by atoms with Crippen molar-refractivity contribution in [2.75, 3.05) is 13.1 Å². The molecule has 0 amide bonds. The average molecular weight is 196 g/mol. The summed E-state index contributed by atoms with van der Waals surface area (Å²) in [5, 5.41) is 3.61. The second-order valence-corrected chi connectivity index (χ2v) is 6.02. The van der Waals surface area contributed by atoms with Crippen LogP contribution in [-0.4, -0.2) is 35.6 Å². The summed E-state index contributed by atoms with van der Waals surface area (Å²) in [6.07, 6.45) is 2.83. The van der Waals surface area contributed by atoms with Gasteiger partial charge in [0.05, 0.1) is 0 Å². The van der Waals surface area contributed by atoms with Crippen LogP contribution in [0.15, 0.2) is 0 Å². The first kappa shape index (κ1) is 10.4. The van der Waals surface area contributed by atoms with Crippen molar-refractivity contribution in [2.45, 2.75) is 58.2 Å². The average Bonchev–Trinajstić information content (AvgIpc) is 2.04. The molecule has 1 unspecified atom stereocenters. The first-order chi connectivity index (χ1) is 6.48. The van der Waals surface area contributed by atoms with E-state index >= 15 is 0 Å². The highest BCUT2D eigenvalue weighted by molar-refractivity contribution is 4.96. The molecule has 1 aliphatic carbocycles. The zero-order chi connectivity index (χ0) is 10.3. The van der Waals surface area contributed by atoms with E-state index in [1.165, 1.54) is 19.4 Å². The molecule has 2 aliphatic rings. The smallest absolute Gasteiger partial charge is 0.0253 e. The molecule has 1 aliphatic heterocycles. The fraction of sp³-hybridized carbons (Fsp3) is 1.00. The normalized spacial score (nSPS) is 43.3. The molecule has 0 aromatic rings. The van der Waals surface area contributed by atoms with Crippen LogP contribution < -0.4 is 5.32 Å². The Hall–Kier alpha value is -0.0800. The van der Waals surface area contributed by atoms with Crippen LogP contribution in [0.2, 0.25) is 0 Å². The van der Waals surface area contributed by atoms with Gasteiger partial charge in [-0.05, 0) is 39.5 Å². The predicted molar refractivity (Wildman–Crippen MR) is 60.4 cm³/mol. The Morgan fingerprint density at radius 2 is 1.86 bits per heavy atom. The minimum Gasteiger partial charge on any atom is -0.309 e. The topological polar surface area (TPSA) is 15.3 Å². The maximum atomic E-state index is 3.61. The second-order valence-electron chi connectivity index (χ2n) is 6.02. The highest BCUT2D eigenvalue weighted by Crippen LogP contribution is 2.34. The van der Waals surface area contributed by atoms with Gasteiger partial charge in [0.1, 0.15) is 0 Å². The summed E-state index contributed by atoms with van der Waals surface area (Å²) in [4.78, 5) is 2.72. The van der Waals surface area contributed by atoms with E-state index in [2.05, 4.69) is 37.9 Å². The Labute approximate surface area is 88.1 Å². The summed E-state index contributed by atoms with van der Waals surface area (Å²) in [5.74, 6) is 0.963. The number of piperazine rings is 1. The Balaban J connectivity index is 1.95. The number of rotatable bonds is 1. The van der Waals surface area contributed by atoms with Crippen molar-refractivity contribution >= 4 is 0 Å². The zero-order valence-corrected chi connectivity index (χ0v) is 10.0. The SMILES string of the molecule is CC1CC(N2CC(C)(C)NCC2C)C1. The summed E-state index contributed by atoms with van der Waals surface area (Å²) in [7, 11) is 0. The number of hydrogen-bond donors (Lipinski definition) is 1. The summed E-state index contributed by atoms with van der Waals surface area (Å²) in [6, 6.07) is 1.60. The molecule has 2 rings (SSSR count). The molecule has 0 radical (unpaired) electrons. The Morgan fingerprint density at radius 1 is 1.21 bits per heavy atom. The van der Waals surface area contributed by atoms with Crippen LogP contribution >= 0.6 is 0 Å². The van der Waals surface area contributed by atoms with Gasteiger partial charge in [0, 0.05) is 30.7 Å². The zero-order valence-electron chi connectivity index (χ0n) is 10.0. The number of nitrogens with zero attached hydrogens (tertiary/aromatic N) is 1. The molecular formula is C12H24N2. The lowest BCUT2D eigenvalue weighted by Gasteiger charge is -2.51.